The minimum Gasteiger partial charge on any atom is -0.377 e. The predicted molar refractivity (Wildman–Crippen MR) is 83.5 cm³/mol. The van der Waals surface area contributed by atoms with E-state index in [1.165, 1.54) is 17.7 Å². The van der Waals surface area contributed by atoms with Crippen LogP contribution in [0.25, 0.3) is 0 Å². The number of rotatable bonds is 7. The first kappa shape index (κ1) is 15.7. The first-order chi connectivity index (χ1) is 10.2. The van der Waals surface area contributed by atoms with Crippen molar-refractivity contribution in [2.24, 2.45) is 5.73 Å². The van der Waals surface area contributed by atoms with Crippen LogP contribution in [0.3, 0.4) is 0 Å². The van der Waals surface area contributed by atoms with Gasteiger partial charge < -0.3 is 10.5 Å². The fraction of sp³-hybridized carbons (Fsp3) is 0.333. The highest BCUT2D eigenvalue weighted by molar-refractivity contribution is 5.20. The van der Waals surface area contributed by atoms with Gasteiger partial charge in [0.25, 0.3) is 0 Å². The van der Waals surface area contributed by atoms with E-state index in [1.54, 1.807) is 12.1 Å². The molecule has 0 saturated carbocycles. The molecule has 0 spiro atoms. The molecule has 0 bridgehead atoms. The minimum atomic E-state index is -0.248. The largest absolute Gasteiger partial charge is 0.377 e. The zero-order valence-electron chi connectivity index (χ0n) is 12.3. The van der Waals surface area contributed by atoms with Gasteiger partial charge in [0.05, 0.1) is 12.1 Å². The molecule has 0 amide bonds. The second-order valence-electron chi connectivity index (χ2n) is 5.24. The second kappa shape index (κ2) is 7.91. The molecule has 2 aromatic carbocycles. The van der Waals surface area contributed by atoms with E-state index >= 15 is 0 Å². The molecule has 0 aliphatic heterocycles. The van der Waals surface area contributed by atoms with E-state index < -0.39 is 0 Å². The van der Waals surface area contributed by atoms with E-state index in [-0.39, 0.29) is 18.0 Å². The molecule has 112 valence electrons. The van der Waals surface area contributed by atoms with Gasteiger partial charge in [0.2, 0.25) is 0 Å². The molecule has 2 aromatic rings. The van der Waals surface area contributed by atoms with Crippen molar-refractivity contribution in [1.82, 2.24) is 0 Å². The molecule has 0 aliphatic rings. The minimum absolute atomic E-state index is 0.0914. The third-order valence-electron chi connectivity index (χ3n) is 3.59. The number of benzene rings is 2. The Labute approximate surface area is 125 Å². The van der Waals surface area contributed by atoms with E-state index in [0.717, 1.165) is 18.4 Å². The van der Waals surface area contributed by atoms with Crippen molar-refractivity contribution >= 4 is 0 Å². The van der Waals surface area contributed by atoms with Crippen LogP contribution in [-0.4, -0.2) is 12.7 Å². The van der Waals surface area contributed by atoms with E-state index in [0.29, 0.717) is 6.61 Å². The molecule has 2 rings (SSSR count). The quantitative estimate of drug-likeness (QED) is 0.785. The summed E-state index contributed by atoms with van der Waals surface area (Å²) >= 11 is 0. The SMILES string of the molecule is CC(OCCCc1ccccc1)C(N)c1ccc(F)cc1. The molecular weight excluding hydrogens is 265 g/mol. The van der Waals surface area contributed by atoms with E-state index in [1.807, 2.05) is 25.1 Å². The van der Waals surface area contributed by atoms with Crippen molar-refractivity contribution in [3.63, 3.8) is 0 Å². The van der Waals surface area contributed by atoms with Crippen molar-refractivity contribution < 1.29 is 9.13 Å². The van der Waals surface area contributed by atoms with Crippen LogP contribution in [0.15, 0.2) is 54.6 Å². The normalized spacial score (nSPS) is 13.9. The van der Waals surface area contributed by atoms with Crippen LogP contribution in [0.2, 0.25) is 0 Å². The highest BCUT2D eigenvalue weighted by atomic mass is 19.1. The third-order valence-corrected chi connectivity index (χ3v) is 3.59. The summed E-state index contributed by atoms with van der Waals surface area (Å²) in [5.41, 5.74) is 8.35. The van der Waals surface area contributed by atoms with Crippen molar-refractivity contribution in [2.45, 2.75) is 31.9 Å². The maximum atomic E-state index is 12.9. The Kier molecular flexibility index (Phi) is 5.90. The summed E-state index contributed by atoms with van der Waals surface area (Å²) in [5.74, 6) is -0.248. The zero-order chi connectivity index (χ0) is 15.1. The van der Waals surface area contributed by atoms with Gasteiger partial charge in [-0.2, -0.15) is 0 Å². The van der Waals surface area contributed by atoms with Crippen LogP contribution < -0.4 is 5.73 Å². The van der Waals surface area contributed by atoms with Gasteiger partial charge in [-0.15, -0.1) is 0 Å². The average molecular weight is 287 g/mol. The number of nitrogens with two attached hydrogens (primary N) is 1. The molecular formula is C18H22FNO. The summed E-state index contributed by atoms with van der Waals surface area (Å²) in [6, 6.07) is 16.4. The Balaban J connectivity index is 1.74. The maximum absolute atomic E-state index is 12.9. The molecule has 3 heteroatoms. The van der Waals surface area contributed by atoms with Crippen molar-refractivity contribution in [2.75, 3.05) is 6.61 Å². The predicted octanol–water partition coefficient (Wildman–Crippen LogP) is 3.86. The lowest BCUT2D eigenvalue weighted by molar-refractivity contribution is 0.0466. The van der Waals surface area contributed by atoms with E-state index in [2.05, 4.69) is 12.1 Å². The maximum Gasteiger partial charge on any atom is 0.123 e. The number of halogens is 1. The lowest BCUT2D eigenvalue weighted by atomic mass is 10.0. The van der Waals surface area contributed by atoms with Gasteiger partial charge in [0.1, 0.15) is 5.82 Å². The van der Waals surface area contributed by atoms with Gasteiger partial charge in [-0.05, 0) is 43.0 Å². The fourth-order valence-electron chi connectivity index (χ4n) is 2.25. The monoisotopic (exact) mass is 287 g/mol. The molecule has 0 aliphatic carbocycles. The summed E-state index contributed by atoms with van der Waals surface area (Å²) in [7, 11) is 0. The number of aryl methyl sites for hydroxylation is 1. The topological polar surface area (TPSA) is 35.2 Å². The fourth-order valence-corrected chi connectivity index (χ4v) is 2.25. The van der Waals surface area contributed by atoms with Gasteiger partial charge in [-0.3, -0.25) is 0 Å². The molecule has 21 heavy (non-hydrogen) atoms. The smallest absolute Gasteiger partial charge is 0.123 e. The first-order valence-corrected chi connectivity index (χ1v) is 7.33. The third kappa shape index (κ3) is 4.96. The Morgan fingerprint density at radius 1 is 1.05 bits per heavy atom. The lowest BCUT2D eigenvalue weighted by Gasteiger charge is -2.21. The van der Waals surface area contributed by atoms with Gasteiger partial charge in [-0.25, -0.2) is 4.39 Å². The second-order valence-corrected chi connectivity index (χ2v) is 5.24. The Bertz CT molecular complexity index is 527. The summed E-state index contributed by atoms with van der Waals surface area (Å²) < 4.78 is 18.7. The highest BCUT2D eigenvalue weighted by Gasteiger charge is 2.15. The highest BCUT2D eigenvalue weighted by Crippen LogP contribution is 2.17. The number of hydrogen-bond acceptors (Lipinski definition) is 2. The summed E-state index contributed by atoms with van der Waals surface area (Å²) in [5, 5.41) is 0. The van der Waals surface area contributed by atoms with Crippen molar-refractivity contribution in [3.05, 3.63) is 71.5 Å². The molecule has 0 radical (unpaired) electrons. The van der Waals surface area contributed by atoms with Crippen LogP contribution in [-0.2, 0) is 11.2 Å². The molecule has 2 N–H and O–H groups in total. The van der Waals surface area contributed by atoms with Crippen molar-refractivity contribution in [3.8, 4) is 0 Å². The lowest BCUT2D eigenvalue weighted by Crippen LogP contribution is -2.26. The van der Waals surface area contributed by atoms with Crippen LogP contribution >= 0.6 is 0 Å². The molecule has 2 nitrogen and oxygen atoms in total. The van der Waals surface area contributed by atoms with Gasteiger partial charge in [-0.1, -0.05) is 42.5 Å². The Morgan fingerprint density at radius 3 is 2.38 bits per heavy atom. The summed E-state index contributed by atoms with van der Waals surface area (Å²) in [6.45, 7) is 2.63. The molecule has 2 atom stereocenters. The zero-order valence-corrected chi connectivity index (χ0v) is 12.3. The standard InChI is InChI=1S/C18H22FNO/c1-14(18(20)16-9-11-17(19)12-10-16)21-13-5-8-15-6-3-2-4-7-15/h2-4,6-7,9-12,14,18H,5,8,13,20H2,1H3. The molecule has 0 heterocycles. The van der Waals surface area contributed by atoms with Crippen LogP contribution in [0.1, 0.15) is 30.5 Å². The van der Waals surface area contributed by atoms with E-state index in [4.69, 9.17) is 10.5 Å². The van der Waals surface area contributed by atoms with Crippen LogP contribution in [0, 0.1) is 5.82 Å². The van der Waals surface area contributed by atoms with Crippen LogP contribution in [0.5, 0.6) is 0 Å². The first-order valence-electron chi connectivity index (χ1n) is 7.33. The van der Waals surface area contributed by atoms with Crippen LogP contribution in [0.4, 0.5) is 4.39 Å². The van der Waals surface area contributed by atoms with Gasteiger partial charge >= 0.3 is 0 Å². The molecule has 2 unspecified atom stereocenters. The Morgan fingerprint density at radius 2 is 1.71 bits per heavy atom. The van der Waals surface area contributed by atoms with Gasteiger partial charge in [0.15, 0.2) is 0 Å². The summed E-state index contributed by atoms with van der Waals surface area (Å²) in [4.78, 5) is 0. The molecule has 0 aromatic heterocycles. The number of hydrogen-bond donors (Lipinski definition) is 1. The Hall–Kier alpha value is -1.71. The molecule has 0 fully saturated rings. The van der Waals surface area contributed by atoms with E-state index in [9.17, 15) is 4.39 Å². The average Bonchev–Trinajstić information content (AvgIpc) is 2.52. The molecule has 0 saturated heterocycles. The van der Waals surface area contributed by atoms with Crippen molar-refractivity contribution in [1.29, 1.82) is 0 Å². The van der Waals surface area contributed by atoms with Gasteiger partial charge in [0, 0.05) is 6.61 Å². The summed E-state index contributed by atoms with van der Waals surface area (Å²) in [6.07, 6.45) is 1.87. The number of ether oxygens (including phenoxy) is 1.